The van der Waals surface area contributed by atoms with Crippen molar-refractivity contribution in [2.75, 3.05) is 7.05 Å². The molecule has 1 aromatic heterocycles. The van der Waals surface area contributed by atoms with Crippen LogP contribution in [-0.4, -0.2) is 51.1 Å². The van der Waals surface area contributed by atoms with Crippen LogP contribution in [0.1, 0.15) is 41.6 Å². The first kappa shape index (κ1) is 22.9. The average Bonchev–Trinajstić information content (AvgIpc) is 3.42. The van der Waals surface area contributed by atoms with E-state index in [9.17, 15) is 9.18 Å². The fourth-order valence-corrected chi connectivity index (χ4v) is 5.94. The van der Waals surface area contributed by atoms with Gasteiger partial charge in [-0.25, -0.2) is 8.78 Å². The van der Waals surface area contributed by atoms with Crippen LogP contribution in [0.5, 0.6) is 0 Å². The minimum atomic E-state index is -0.385. The number of hydrogen-bond donors (Lipinski definition) is 1. The number of nitrogens with zero attached hydrogens (tertiary/aromatic N) is 3. The van der Waals surface area contributed by atoms with Gasteiger partial charge in [-0.05, 0) is 92.4 Å². The average molecular weight is 487 g/mol. The lowest BCUT2D eigenvalue weighted by atomic mass is 9.94. The van der Waals surface area contributed by atoms with E-state index in [0.29, 0.717) is 23.2 Å². The molecule has 3 atom stereocenters. The summed E-state index contributed by atoms with van der Waals surface area (Å²) in [4.78, 5) is 17.9. The second-order valence-corrected chi connectivity index (χ2v) is 10.1. The van der Waals surface area contributed by atoms with Crippen LogP contribution in [0, 0.1) is 11.6 Å². The molecule has 36 heavy (non-hydrogen) atoms. The molecule has 1 N–H and O–H groups in total. The Labute approximate surface area is 208 Å². The van der Waals surface area contributed by atoms with Crippen LogP contribution in [0.25, 0.3) is 22.0 Å². The predicted molar refractivity (Wildman–Crippen MR) is 135 cm³/mol. The lowest BCUT2D eigenvalue weighted by Crippen LogP contribution is -2.50. The molecular weight excluding hydrogens is 458 g/mol. The maximum Gasteiger partial charge on any atom is 0.254 e. The van der Waals surface area contributed by atoms with E-state index in [4.69, 9.17) is 0 Å². The first-order valence-corrected chi connectivity index (χ1v) is 12.5. The number of H-pyrrole nitrogens is 1. The number of aromatic nitrogens is 2. The summed E-state index contributed by atoms with van der Waals surface area (Å²) < 4.78 is 28.7. The number of carbonyl (C=O) groups is 1. The molecule has 6 rings (SSSR count). The van der Waals surface area contributed by atoms with Gasteiger partial charge in [0, 0.05) is 41.2 Å². The van der Waals surface area contributed by atoms with Crippen LogP contribution in [0.4, 0.5) is 8.78 Å². The first-order valence-electron chi connectivity index (χ1n) is 12.5. The highest BCUT2D eigenvalue weighted by molar-refractivity contribution is 5.94. The molecule has 0 saturated carbocycles. The third-order valence-electron chi connectivity index (χ3n) is 8.03. The largest absolute Gasteiger partial charge is 0.331 e. The lowest BCUT2D eigenvalue weighted by Gasteiger charge is -2.42. The van der Waals surface area contributed by atoms with E-state index in [1.165, 1.54) is 30.3 Å². The summed E-state index contributed by atoms with van der Waals surface area (Å²) in [6, 6.07) is 17.5. The molecule has 184 valence electrons. The van der Waals surface area contributed by atoms with E-state index in [1.54, 1.807) is 12.3 Å². The van der Waals surface area contributed by atoms with Gasteiger partial charge in [-0.1, -0.05) is 12.1 Å². The molecule has 2 saturated heterocycles. The summed E-state index contributed by atoms with van der Waals surface area (Å²) in [5.41, 5.74) is 3.67. The molecule has 0 aliphatic carbocycles. The van der Waals surface area contributed by atoms with E-state index < -0.39 is 0 Å². The molecule has 2 fully saturated rings. The minimum Gasteiger partial charge on any atom is -0.331 e. The Morgan fingerprint density at radius 1 is 1.00 bits per heavy atom. The number of benzene rings is 3. The molecule has 3 aromatic carbocycles. The van der Waals surface area contributed by atoms with Crippen molar-refractivity contribution in [2.45, 2.75) is 50.4 Å². The Morgan fingerprint density at radius 2 is 1.69 bits per heavy atom. The fraction of sp³-hybridized carbons (Fsp3) is 0.310. The molecular formula is C29H28F2N4O. The second kappa shape index (κ2) is 9.13. The van der Waals surface area contributed by atoms with E-state index in [2.05, 4.69) is 22.1 Å². The van der Waals surface area contributed by atoms with E-state index in [-0.39, 0.29) is 30.1 Å². The summed E-state index contributed by atoms with van der Waals surface area (Å²) in [5.74, 6) is -0.909. The second-order valence-electron chi connectivity index (χ2n) is 10.1. The van der Waals surface area contributed by atoms with Gasteiger partial charge in [0.25, 0.3) is 5.91 Å². The smallest absolute Gasteiger partial charge is 0.254 e. The van der Waals surface area contributed by atoms with Crippen LogP contribution in [0.15, 0.2) is 66.9 Å². The number of rotatable bonds is 5. The number of nitrogens with one attached hydrogen (secondary N) is 1. The van der Waals surface area contributed by atoms with E-state index in [0.717, 1.165) is 47.7 Å². The minimum absolute atomic E-state index is 0.00147. The van der Waals surface area contributed by atoms with Crippen LogP contribution < -0.4 is 0 Å². The molecule has 3 heterocycles. The number of carbonyl (C=O) groups excluding carboxylic acids is 1. The number of fused-ring (bicyclic) bond motifs is 3. The summed E-state index contributed by atoms with van der Waals surface area (Å²) in [7, 11) is 2.16. The molecule has 0 radical (unpaired) electrons. The van der Waals surface area contributed by atoms with Gasteiger partial charge >= 0.3 is 0 Å². The van der Waals surface area contributed by atoms with E-state index in [1.807, 2.05) is 29.2 Å². The quantitative estimate of drug-likeness (QED) is 0.389. The summed E-state index contributed by atoms with van der Waals surface area (Å²) in [5, 5.41) is 8.01. The Kier molecular flexibility index (Phi) is 5.80. The van der Waals surface area contributed by atoms with Crippen molar-refractivity contribution in [1.82, 2.24) is 20.0 Å². The SMILES string of the molecule is CN1[C@@H]2CC[C@H]1C[C@@H](N(Cc1cc(-c3ccc4[nH]ncc4c3)ccc1F)C(=O)c1ccc(F)cc1)C2. The summed E-state index contributed by atoms with van der Waals surface area (Å²) in [6.07, 6.45) is 5.73. The third-order valence-corrected chi connectivity index (χ3v) is 8.03. The number of halogens is 2. The summed E-state index contributed by atoms with van der Waals surface area (Å²) in [6.45, 7) is 0.164. The molecule has 4 aromatic rings. The lowest BCUT2D eigenvalue weighted by molar-refractivity contribution is 0.0457. The van der Waals surface area contributed by atoms with Gasteiger partial charge < -0.3 is 9.80 Å². The maximum atomic E-state index is 15.2. The van der Waals surface area contributed by atoms with Crippen LogP contribution in [0.3, 0.4) is 0 Å². The van der Waals surface area contributed by atoms with Crippen molar-refractivity contribution >= 4 is 16.8 Å². The van der Waals surface area contributed by atoms with Crippen LogP contribution in [0.2, 0.25) is 0 Å². The van der Waals surface area contributed by atoms with Gasteiger partial charge in [-0.3, -0.25) is 9.89 Å². The van der Waals surface area contributed by atoms with Crippen molar-refractivity contribution in [1.29, 1.82) is 0 Å². The van der Waals surface area contributed by atoms with Crippen molar-refractivity contribution in [3.8, 4) is 11.1 Å². The highest BCUT2D eigenvalue weighted by Gasteiger charge is 2.41. The molecule has 2 aliphatic rings. The first-order chi connectivity index (χ1) is 17.5. The number of aromatic amines is 1. The molecule has 1 amide bonds. The maximum absolute atomic E-state index is 15.2. The highest BCUT2D eigenvalue weighted by Crippen LogP contribution is 2.37. The number of piperidine rings is 1. The normalized spacial score (nSPS) is 21.7. The van der Waals surface area contributed by atoms with Gasteiger partial charge in [-0.2, -0.15) is 5.10 Å². The van der Waals surface area contributed by atoms with Gasteiger partial charge in [-0.15, -0.1) is 0 Å². The van der Waals surface area contributed by atoms with Gasteiger partial charge in [0.05, 0.1) is 11.7 Å². The highest BCUT2D eigenvalue weighted by atomic mass is 19.1. The van der Waals surface area contributed by atoms with Gasteiger partial charge in [0.15, 0.2) is 0 Å². The Bertz CT molecular complexity index is 1400. The molecule has 5 nitrogen and oxygen atoms in total. The van der Waals surface area contributed by atoms with Crippen LogP contribution in [-0.2, 0) is 6.54 Å². The topological polar surface area (TPSA) is 52.2 Å². The van der Waals surface area contributed by atoms with Gasteiger partial charge in [0.2, 0.25) is 0 Å². The standard InChI is InChI=1S/C29H28F2N4O/c1-34-24-8-9-25(34)15-26(14-24)35(29(36)18-2-6-23(30)7-3-18)17-22-13-19(4-10-27(22)31)20-5-11-28-21(12-20)16-32-33-28/h2-7,10-13,16,24-26H,8-9,14-15,17H2,1H3,(H,32,33)/t24-,25+,26+. The van der Waals surface area contributed by atoms with Crippen molar-refractivity contribution < 1.29 is 13.6 Å². The number of hydrogen-bond acceptors (Lipinski definition) is 3. The van der Waals surface area contributed by atoms with Crippen LogP contribution >= 0.6 is 0 Å². The Morgan fingerprint density at radius 3 is 2.44 bits per heavy atom. The van der Waals surface area contributed by atoms with Crippen molar-refractivity contribution in [3.05, 3.63) is 89.6 Å². The van der Waals surface area contributed by atoms with Crippen molar-refractivity contribution in [3.63, 3.8) is 0 Å². The Hall–Kier alpha value is -3.58. The number of amides is 1. The molecule has 0 unspecified atom stereocenters. The molecule has 2 bridgehead atoms. The zero-order valence-electron chi connectivity index (χ0n) is 20.1. The Balaban J connectivity index is 1.34. The molecule has 0 spiro atoms. The monoisotopic (exact) mass is 486 g/mol. The van der Waals surface area contributed by atoms with Gasteiger partial charge in [0.1, 0.15) is 11.6 Å². The third kappa shape index (κ3) is 4.17. The zero-order valence-corrected chi connectivity index (χ0v) is 20.1. The molecule has 7 heteroatoms. The molecule has 2 aliphatic heterocycles. The van der Waals surface area contributed by atoms with Crippen molar-refractivity contribution in [2.24, 2.45) is 0 Å². The zero-order chi connectivity index (χ0) is 24.8. The summed E-state index contributed by atoms with van der Waals surface area (Å²) >= 11 is 0. The van der Waals surface area contributed by atoms with E-state index >= 15 is 4.39 Å². The fourth-order valence-electron chi connectivity index (χ4n) is 5.94. The predicted octanol–water partition coefficient (Wildman–Crippen LogP) is 5.78.